The minimum Gasteiger partial charge on any atom is -0.282 e. The maximum atomic E-state index is 10.9. The van der Waals surface area contributed by atoms with Gasteiger partial charge in [0.1, 0.15) is 0 Å². The molecule has 0 aliphatic carbocycles. The van der Waals surface area contributed by atoms with Gasteiger partial charge in [-0.15, -0.1) is 0 Å². The minimum absolute atomic E-state index is 0.183. The van der Waals surface area contributed by atoms with Gasteiger partial charge in [0.15, 0.2) is 0 Å². The molecule has 2 N–H and O–H groups in total. The molecule has 0 amide bonds. The molecule has 0 atom stereocenters. The molecule has 110 valence electrons. The highest BCUT2D eigenvalue weighted by Gasteiger charge is 2.07. The van der Waals surface area contributed by atoms with Crippen molar-refractivity contribution < 1.29 is 13.0 Å². The van der Waals surface area contributed by atoms with Crippen LogP contribution in [0.4, 0.5) is 5.69 Å². The number of benzene rings is 2. The Kier molecular flexibility index (Phi) is 4.84. The van der Waals surface area contributed by atoms with Crippen molar-refractivity contribution in [2.24, 2.45) is 5.10 Å². The van der Waals surface area contributed by atoms with Crippen molar-refractivity contribution in [3.63, 3.8) is 0 Å². The predicted molar refractivity (Wildman–Crippen MR) is 83.9 cm³/mol. The van der Waals surface area contributed by atoms with Crippen LogP contribution < -0.4 is 5.43 Å². The molecule has 0 fully saturated rings. The maximum Gasteiger partial charge on any atom is 0.294 e. The van der Waals surface area contributed by atoms with Crippen LogP contribution in [0, 0.1) is 0 Å². The van der Waals surface area contributed by atoms with Crippen LogP contribution in [0.25, 0.3) is 0 Å². The van der Waals surface area contributed by atoms with Crippen molar-refractivity contribution >= 4 is 45.2 Å². The fraction of sp³-hybridized carbons (Fsp3) is 0. The maximum absolute atomic E-state index is 10.9. The highest BCUT2D eigenvalue weighted by molar-refractivity contribution is 7.85. The van der Waals surface area contributed by atoms with E-state index in [9.17, 15) is 8.42 Å². The van der Waals surface area contributed by atoms with E-state index >= 15 is 0 Å². The average Bonchev–Trinajstić information content (AvgIpc) is 2.41. The van der Waals surface area contributed by atoms with Gasteiger partial charge in [-0.25, -0.2) is 0 Å². The van der Waals surface area contributed by atoms with Crippen LogP contribution in [0.2, 0.25) is 10.0 Å². The van der Waals surface area contributed by atoms with Crippen molar-refractivity contribution in [2.45, 2.75) is 4.90 Å². The van der Waals surface area contributed by atoms with Crippen molar-refractivity contribution in [1.82, 2.24) is 0 Å². The molecule has 5 nitrogen and oxygen atoms in total. The molecule has 0 aromatic heterocycles. The van der Waals surface area contributed by atoms with Gasteiger partial charge in [-0.05, 0) is 36.4 Å². The fourth-order valence-electron chi connectivity index (χ4n) is 1.48. The number of nitrogens with zero attached hydrogens (tertiary/aromatic N) is 1. The van der Waals surface area contributed by atoms with E-state index in [2.05, 4.69) is 10.5 Å². The zero-order valence-corrected chi connectivity index (χ0v) is 12.8. The number of hydrazone groups is 1. The lowest BCUT2D eigenvalue weighted by Crippen LogP contribution is -1.98. The molecule has 2 aromatic rings. The Balaban J connectivity index is 2.07. The largest absolute Gasteiger partial charge is 0.294 e. The summed E-state index contributed by atoms with van der Waals surface area (Å²) in [6, 6.07) is 10.5. The third-order valence-electron chi connectivity index (χ3n) is 2.51. The number of hydrogen-bond acceptors (Lipinski definition) is 4. The minimum atomic E-state index is -4.19. The van der Waals surface area contributed by atoms with E-state index in [1.165, 1.54) is 30.5 Å². The van der Waals surface area contributed by atoms with Crippen molar-refractivity contribution in [3.05, 3.63) is 58.1 Å². The Hall–Kier alpha value is -1.60. The summed E-state index contributed by atoms with van der Waals surface area (Å²) in [5.41, 5.74) is 3.96. The highest BCUT2D eigenvalue weighted by atomic mass is 35.5. The molecule has 0 bridgehead atoms. The molecule has 0 aliphatic rings. The molecular weight excluding hydrogens is 335 g/mol. The van der Waals surface area contributed by atoms with Gasteiger partial charge in [-0.2, -0.15) is 13.5 Å². The lowest BCUT2D eigenvalue weighted by Gasteiger charge is -2.02. The quantitative estimate of drug-likeness (QED) is 0.503. The molecule has 0 saturated carbocycles. The van der Waals surface area contributed by atoms with Crippen LogP contribution in [0.15, 0.2) is 52.5 Å². The normalized spacial score (nSPS) is 11.8. The molecule has 21 heavy (non-hydrogen) atoms. The first-order valence-electron chi connectivity index (χ1n) is 5.68. The van der Waals surface area contributed by atoms with Crippen molar-refractivity contribution in [1.29, 1.82) is 0 Å². The molecule has 2 rings (SSSR count). The molecule has 8 heteroatoms. The lowest BCUT2D eigenvalue weighted by molar-refractivity contribution is 0.483. The number of hydrogen-bond donors (Lipinski definition) is 2. The second kappa shape index (κ2) is 6.44. The molecule has 0 heterocycles. The predicted octanol–water partition coefficient (Wildman–Crippen LogP) is 3.69. The van der Waals surface area contributed by atoms with E-state index in [-0.39, 0.29) is 4.90 Å². The van der Waals surface area contributed by atoms with Gasteiger partial charge in [-0.3, -0.25) is 9.98 Å². The van der Waals surface area contributed by atoms with E-state index in [0.29, 0.717) is 21.3 Å². The van der Waals surface area contributed by atoms with E-state index < -0.39 is 10.1 Å². The third-order valence-corrected chi connectivity index (χ3v) is 3.94. The number of rotatable bonds is 4. The van der Waals surface area contributed by atoms with Gasteiger partial charge in [0.2, 0.25) is 0 Å². The van der Waals surface area contributed by atoms with E-state index in [0.717, 1.165) is 0 Å². The Morgan fingerprint density at radius 1 is 1.10 bits per heavy atom. The van der Waals surface area contributed by atoms with Gasteiger partial charge in [0, 0.05) is 10.6 Å². The summed E-state index contributed by atoms with van der Waals surface area (Å²) >= 11 is 11.8. The number of anilines is 1. The second-order valence-electron chi connectivity index (χ2n) is 4.04. The summed E-state index contributed by atoms with van der Waals surface area (Å²) in [6.45, 7) is 0. The molecule has 0 radical (unpaired) electrons. The molecule has 2 aromatic carbocycles. The number of nitrogens with one attached hydrogen (secondary N) is 1. The summed E-state index contributed by atoms with van der Waals surface area (Å²) in [6.07, 6.45) is 1.51. The summed E-state index contributed by atoms with van der Waals surface area (Å²) in [4.78, 5) is -0.183. The van der Waals surface area contributed by atoms with Crippen LogP contribution in [0.3, 0.4) is 0 Å². The van der Waals surface area contributed by atoms with Crippen molar-refractivity contribution in [3.8, 4) is 0 Å². The van der Waals surface area contributed by atoms with Gasteiger partial charge in [0.25, 0.3) is 10.1 Å². The Morgan fingerprint density at radius 3 is 2.33 bits per heavy atom. The van der Waals surface area contributed by atoms with Gasteiger partial charge < -0.3 is 0 Å². The van der Waals surface area contributed by atoms with E-state index in [1.54, 1.807) is 18.2 Å². The average molecular weight is 345 g/mol. The van der Waals surface area contributed by atoms with E-state index in [4.69, 9.17) is 27.8 Å². The van der Waals surface area contributed by atoms with Crippen LogP contribution in [0.1, 0.15) is 5.56 Å². The smallest absolute Gasteiger partial charge is 0.282 e. The van der Waals surface area contributed by atoms with Gasteiger partial charge >= 0.3 is 0 Å². The highest BCUT2D eigenvalue weighted by Crippen LogP contribution is 2.19. The van der Waals surface area contributed by atoms with Crippen LogP contribution >= 0.6 is 23.2 Å². The molecule has 0 unspecified atom stereocenters. The number of halogens is 2. The Bertz CT molecular complexity index is 775. The molecule has 0 spiro atoms. The molecule has 0 aliphatic heterocycles. The molecule has 0 saturated heterocycles. The second-order valence-corrected chi connectivity index (χ2v) is 6.30. The lowest BCUT2D eigenvalue weighted by atomic mass is 10.2. The van der Waals surface area contributed by atoms with E-state index in [1.807, 2.05) is 0 Å². The zero-order valence-electron chi connectivity index (χ0n) is 10.5. The first-order valence-corrected chi connectivity index (χ1v) is 7.87. The van der Waals surface area contributed by atoms with Gasteiger partial charge in [0.05, 0.1) is 21.8 Å². The first kappa shape index (κ1) is 15.8. The standard InChI is InChI=1S/C13H10Cl2N2O3S/c14-10-2-1-9(13(15)7-10)8-16-17-11-3-5-12(6-4-11)21(18,19)20/h1-8,17H,(H,18,19,20)/b16-8+. The first-order chi connectivity index (χ1) is 9.86. The Labute approximate surface area is 132 Å². The summed E-state index contributed by atoms with van der Waals surface area (Å²) in [5.74, 6) is 0. The monoisotopic (exact) mass is 344 g/mol. The summed E-state index contributed by atoms with van der Waals surface area (Å²) in [7, 11) is -4.19. The Morgan fingerprint density at radius 2 is 1.76 bits per heavy atom. The van der Waals surface area contributed by atoms with Crippen molar-refractivity contribution in [2.75, 3.05) is 5.43 Å². The van der Waals surface area contributed by atoms with Crippen LogP contribution in [0.5, 0.6) is 0 Å². The third kappa shape index (κ3) is 4.44. The summed E-state index contributed by atoms with van der Waals surface area (Å²) < 4.78 is 30.6. The molecular formula is C13H10Cl2N2O3S. The van der Waals surface area contributed by atoms with Crippen LogP contribution in [-0.2, 0) is 10.1 Å². The zero-order chi connectivity index (χ0) is 15.5. The fourth-order valence-corrected chi connectivity index (χ4v) is 2.42. The van der Waals surface area contributed by atoms with Gasteiger partial charge in [-0.1, -0.05) is 29.3 Å². The topological polar surface area (TPSA) is 78.8 Å². The van der Waals surface area contributed by atoms with Crippen LogP contribution in [-0.4, -0.2) is 19.2 Å². The summed E-state index contributed by atoms with van der Waals surface area (Å²) in [5, 5.41) is 4.98. The SMILES string of the molecule is O=S(=O)(O)c1ccc(N/N=C/c2ccc(Cl)cc2Cl)cc1.